The minimum atomic E-state index is 0.0839. The Morgan fingerprint density at radius 1 is 1.44 bits per heavy atom. The van der Waals surface area contributed by atoms with Crippen LogP contribution >= 0.6 is 0 Å². The van der Waals surface area contributed by atoms with Crippen LogP contribution in [0.1, 0.15) is 34.1 Å². The van der Waals surface area contributed by atoms with Gasteiger partial charge in [-0.2, -0.15) is 0 Å². The highest BCUT2D eigenvalue weighted by atomic mass is 16.3. The van der Waals surface area contributed by atoms with Gasteiger partial charge in [0.05, 0.1) is 5.92 Å². The summed E-state index contributed by atoms with van der Waals surface area (Å²) in [6, 6.07) is 0. The first-order valence-electron chi connectivity index (χ1n) is 5.95. The van der Waals surface area contributed by atoms with Crippen molar-refractivity contribution in [3.63, 3.8) is 0 Å². The Hall–Kier alpha value is -0.830. The number of hydrogen-bond donors (Lipinski definition) is 2. The van der Waals surface area contributed by atoms with Crippen molar-refractivity contribution in [1.82, 2.24) is 5.32 Å². The lowest BCUT2D eigenvalue weighted by Gasteiger charge is -2.04. The number of hydrogen-bond acceptors (Lipinski definition) is 2. The minimum Gasteiger partial charge on any atom is -0.396 e. The Balaban J connectivity index is 2.49. The molecule has 0 aromatic carbocycles. The molecule has 1 rings (SSSR count). The summed E-state index contributed by atoms with van der Waals surface area (Å²) in [6.45, 7) is 9.10. The Morgan fingerprint density at radius 2 is 2.06 bits per heavy atom. The van der Waals surface area contributed by atoms with Gasteiger partial charge < -0.3 is 10.4 Å². The third kappa shape index (κ3) is 2.85. The largest absolute Gasteiger partial charge is 0.396 e. The molecule has 92 valence electrons. The first-order chi connectivity index (χ1) is 7.41. The fourth-order valence-electron chi connectivity index (χ4n) is 2.25. The van der Waals surface area contributed by atoms with Gasteiger partial charge in [-0.3, -0.25) is 4.79 Å². The quantitative estimate of drug-likeness (QED) is 0.553. The molecule has 3 nitrogen and oxygen atoms in total. The Kier molecular flexibility index (Phi) is 4.14. The molecule has 2 N–H and O–H groups in total. The van der Waals surface area contributed by atoms with Crippen LogP contribution in [0.15, 0.2) is 11.6 Å². The second kappa shape index (κ2) is 5.00. The summed E-state index contributed by atoms with van der Waals surface area (Å²) in [6.07, 6.45) is 2.82. The number of carbonyl (C=O) groups excluding carboxylic acids is 1. The first-order valence-corrected chi connectivity index (χ1v) is 5.95. The molecule has 1 saturated carbocycles. The summed E-state index contributed by atoms with van der Waals surface area (Å²) >= 11 is 0. The van der Waals surface area contributed by atoms with E-state index in [1.165, 1.54) is 5.57 Å². The second-order valence-electron chi connectivity index (χ2n) is 5.44. The van der Waals surface area contributed by atoms with Crippen molar-refractivity contribution in [1.29, 1.82) is 0 Å². The molecule has 3 heteroatoms. The topological polar surface area (TPSA) is 49.3 Å². The summed E-state index contributed by atoms with van der Waals surface area (Å²) in [5.74, 6) is 0.591. The highest BCUT2D eigenvalue weighted by molar-refractivity contribution is 5.83. The van der Waals surface area contributed by atoms with Gasteiger partial charge in [-0.05, 0) is 31.6 Å². The zero-order chi connectivity index (χ0) is 12.3. The molecule has 0 aromatic heterocycles. The van der Waals surface area contributed by atoms with E-state index in [-0.39, 0.29) is 23.8 Å². The molecule has 1 aliphatic rings. The lowest BCUT2D eigenvalue weighted by atomic mass is 10.1. The van der Waals surface area contributed by atoms with Gasteiger partial charge in [-0.1, -0.05) is 25.5 Å². The van der Waals surface area contributed by atoms with Crippen LogP contribution < -0.4 is 5.32 Å². The molecule has 0 aromatic rings. The van der Waals surface area contributed by atoms with E-state index >= 15 is 0 Å². The van der Waals surface area contributed by atoms with Crippen molar-refractivity contribution in [2.75, 3.05) is 13.2 Å². The molecule has 0 heterocycles. The first kappa shape index (κ1) is 13.2. The van der Waals surface area contributed by atoms with E-state index < -0.39 is 0 Å². The number of aliphatic hydroxyl groups is 1. The van der Waals surface area contributed by atoms with Gasteiger partial charge in [0, 0.05) is 13.2 Å². The molecule has 0 radical (unpaired) electrons. The molecule has 0 saturated heterocycles. The smallest absolute Gasteiger partial charge is 0.224 e. The molecule has 1 amide bonds. The molecular weight excluding hydrogens is 202 g/mol. The highest BCUT2D eigenvalue weighted by Gasteiger charge is 2.60. The summed E-state index contributed by atoms with van der Waals surface area (Å²) in [5.41, 5.74) is 1.35. The molecule has 0 unspecified atom stereocenters. The van der Waals surface area contributed by atoms with Gasteiger partial charge in [0.15, 0.2) is 0 Å². The molecule has 2 atom stereocenters. The van der Waals surface area contributed by atoms with E-state index in [0.29, 0.717) is 18.9 Å². The molecule has 0 bridgehead atoms. The predicted octanol–water partition coefficient (Wildman–Crippen LogP) is 1.72. The van der Waals surface area contributed by atoms with Crippen molar-refractivity contribution < 1.29 is 9.90 Å². The molecule has 0 spiro atoms. The normalized spacial score (nSPS) is 26.1. The fraction of sp³-hybridized carbons (Fsp3) is 0.769. The zero-order valence-corrected chi connectivity index (χ0v) is 10.7. The zero-order valence-electron chi connectivity index (χ0n) is 10.7. The predicted molar refractivity (Wildman–Crippen MR) is 64.9 cm³/mol. The second-order valence-corrected chi connectivity index (χ2v) is 5.44. The number of allylic oxidation sites excluding steroid dienone is 2. The van der Waals surface area contributed by atoms with Crippen molar-refractivity contribution in [2.24, 2.45) is 17.3 Å². The van der Waals surface area contributed by atoms with E-state index in [0.717, 1.165) is 0 Å². The van der Waals surface area contributed by atoms with Crippen molar-refractivity contribution in [2.45, 2.75) is 34.1 Å². The maximum absolute atomic E-state index is 11.9. The van der Waals surface area contributed by atoms with E-state index in [1.807, 2.05) is 0 Å². The van der Waals surface area contributed by atoms with Crippen LogP contribution in [-0.4, -0.2) is 24.2 Å². The summed E-state index contributed by atoms with van der Waals surface area (Å²) < 4.78 is 0. The minimum absolute atomic E-state index is 0.0839. The van der Waals surface area contributed by atoms with Gasteiger partial charge in [0.1, 0.15) is 0 Å². The van der Waals surface area contributed by atoms with Crippen molar-refractivity contribution >= 4 is 5.91 Å². The van der Waals surface area contributed by atoms with E-state index in [4.69, 9.17) is 5.11 Å². The Morgan fingerprint density at radius 3 is 2.56 bits per heavy atom. The average molecular weight is 225 g/mol. The maximum atomic E-state index is 11.9. The number of rotatable bonds is 5. The summed E-state index contributed by atoms with van der Waals surface area (Å²) in [5, 5.41) is 11.5. The highest BCUT2D eigenvalue weighted by Crippen LogP contribution is 2.59. The summed E-state index contributed by atoms with van der Waals surface area (Å²) in [7, 11) is 0. The molecule has 1 aliphatic carbocycles. The molecule has 0 aliphatic heterocycles. The van der Waals surface area contributed by atoms with Crippen LogP contribution in [0.4, 0.5) is 0 Å². The molecule has 16 heavy (non-hydrogen) atoms. The molecular formula is C13H23NO2. The number of carbonyl (C=O) groups is 1. The Bertz CT molecular complexity index is 290. The van der Waals surface area contributed by atoms with Gasteiger partial charge in [-0.15, -0.1) is 0 Å². The Labute approximate surface area is 97.9 Å². The van der Waals surface area contributed by atoms with Crippen LogP contribution in [0.5, 0.6) is 0 Å². The van der Waals surface area contributed by atoms with Crippen LogP contribution in [0.2, 0.25) is 0 Å². The van der Waals surface area contributed by atoms with Crippen LogP contribution in [0.25, 0.3) is 0 Å². The monoisotopic (exact) mass is 225 g/mol. The van der Waals surface area contributed by atoms with Crippen LogP contribution in [0.3, 0.4) is 0 Å². The fourth-order valence-corrected chi connectivity index (χ4v) is 2.25. The standard InChI is InChI=1S/C13H23NO2/c1-9(2)8-10-11(13(10,3)4)12(16)14-6-5-7-15/h8,10-11,15H,5-7H2,1-4H3,(H,14,16)/t10-,11+/m1/s1. The van der Waals surface area contributed by atoms with E-state index in [2.05, 4.69) is 39.1 Å². The number of amides is 1. The van der Waals surface area contributed by atoms with Crippen molar-refractivity contribution in [3.05, 3.63) is 11.6 Å². The van der Waals surface area contributed by atoms with Gasteiger partial charge in [0.25, 0.3) is 0 Å². The molecule has 1 fully saturated rings. The van der Waals surface area contributed by atoms with Gasteiger partial charge >= 0.3 is 0 Å². The van der Waals surface area contributed by atoms with Crippen LogP contribution in [0, 0.1) is 17.3 Å². The van der Waals surface area contributed by atoms with Crippen molar-refractivity contribution in [3.8, 4) is 0 Å². The number of aliphatic hydroxyl groups excluding tert-OH is 1. The SMILES string of the molecule is CC(C)=C[C@@H]1[C@@H](C(=O)NCCCO)C1(C)C. The number of nitrogens with one attached hydrogen (secondary N) is 1. The van der Waals surface area contributed by atoms with E-state index in [9.17, 15) is 4.79 Å². The lowest BCUT2D eigenvalue weighted by Crippen LogP contribution is -2.28. The van der Waals surface area contributed by atoms with Gasteiger partial charge in [0.2, 0.25) is 5.91 Å². The van der Waals surface area contributed by atoms with Crippen LogP contribution in [-0.2, 0) is 4.79 Å². The third-order valence-electron chi connectivity index (χ3n) is 3.34. The van der Waals surface area contributed by atoms with E-state index in [1.54, 1.807) is 0 Å². The lowest BCUT2D eigenvalue weighted by molar-refractivity contribution is -0.123. The average Bonchev–Trinajstić information content (AvgIpc) is 2.67. The maximum Gasteiger partial charge on any atom is 0.224 e. The third-order valence-corrected chi connectivity index (χ3v) is 3.34. The van der Waals surface area contributed by atoms with Gasteiger partial charge in [-0.25, -0.2) is 0 Å². The summed E-state index contributed by atoms with van der Waals surface area (Å²) in [4.78, 5) is 11.9.